The fourth-order valence-corrected chi connectivity index (χ4v) is 7.67. The van der Waals surface area contributed by atoms with Gasteiger partial charge >= 0.3 is 11.9 Å². The van der Waals surface area contributed by atoms with E-state index in [4.69, 9.17) is 0 Å². The van der Waals surface area contributed by atoms with Crippen molar-refractivity contribution < 1.29 is 29.4 Å². The molecule has 2 aromatic heterocycles. The molecule has 10 nitrogen and oxygen atoms in total. The van der Waals surface area contributed by atoms with Gasteiger partial charge in [0.05, 0.1) is 12.1 Å². The number of aliphatic carboxylic acids is 2. The number of carboxylic acids is 2. The molecule has 2 aromatic carbocycles. The second kappa shape index (κ2) is 7.97. The van der Waals surface area contributed by atoms with Crippen LogP contribution in [0.4, 0.5) is 0 Å². The van der Waals surface area contributed by atoms with Crippen LogP contribution < -0.4 is 0 Å². The van der Waals surface area contributed by atoms with E-state index >= 15 is 0 Å². The molecule has 0 unspecified atom stereocenters. The van der Waals surface area contributed by atoms with Crippen LogP contribution in [0.3, 0.4) is 0 Å². The third-order valence-corrected chi connectivity index (χ3v) is 9.43. The normalized spacial score (nSPS) is 25.3. The van der Waals surface area contributed by atoms with Crippen LogP contribution in [-0.2, 0) is 32.0 Å². The number of aromatic amines is 2. The number of nitrogens with one attached hydrogen (secondary N) is 2. The van der Waals surface area contributed by atoms with Gasteiger partial charge in [0.25, 0.3) is 0 Å². The Morgan fingerprint density at radius 1 is 0.700 bits per heavy atom. The van der Waals surface area contributed by atoms with Gasteiger partial charge in [0, 0.05) is 58.9 Å². The van der Waals surface area contributed by atoms with Crippen molar-refractivity contribution >= 4 is 45.6 Å². The maximum Gasteiger partial charge on any atom is 0.326 e. The summed E-state index contributed by atoms with van der Waals surface area (Å²) in [7, 11) is 0. The lowest BCUT2D eigenvalue weighted by Gasteiger charge is -2.35. The van der Waals surface area contributed by atoms with Crippen molar-refractivity contribution in [1.29, 1.82) is 0 Å². The predicted octanol–water partition coefficient (Wildman–Crippen LogP) is 3.66. The largest absolute Gasteiger partial charge is 0.480 e. The number of carboxylic acid groups (broad SMARTS) is 2. The first-order valence-electron chi connectivity index (χ1n) is 13.7. The molecular weight excluding hydrogens is 512 g/mol. The SMILES string of the molecule is O=C(O)[C@H]1Cc2c([nH]c3cc(-c4ccc5c6c([nH]c5c4)[C@@H]4CCC(=O)N4[C@H](C(=O)O)C6)ccc23)[C@@H]2CCC(=O)N12. The summed E-state index contributed by atoms with van der Waals surface area (Å²) >= 11 is 0. The zero-order valence-electron chi connectivity index (χ0n) is 21.4. The molecule has 0 bridgehead atoms. The monoisotopic (exact) mass is 538 g/mol. The predicted molar refractivity (Wildman–Crippen MR) is 143 cm³/mol. The van der Waals surface area contributed by atoms with Crippen LogP contribution in [0.15, 0.2) is 36.4 Å². The van der Waals surface area contributed by atoms with Gasteiger partial charge in [0.15, 0.2) is 0 Å². The lowest BCUT2D eigenvalue weighted by molar-refractivity contribution is -0.150. The quantitative estimate of drug-likeness (QED) is 0.313. The average Bonchev–Trinajstić information content (AvgIpc) is 3.70. The summed E-state index contributed by atoms with van der Waals surface area (Å²) in [6, 6.07) is 10.0. The zero-order valence-corrected chi connectivity index (χ0v) is 21.4. The molecule has 0 radical (unpaired) electrons. The minimum absolute atomic E-state index is 0.107. The molecule has 8 rings (SSSR count). The van der Waals surface area contributed by atoms with Crippen LogP contribution in [-0.4, -0.2) is 65.8 Å². The number of amides is 2. The molecule has 0 saturated carbocycles. The van der Waals surface area contributed by atoms with Crippen molar-refractivity contribution in [2.75, 3.05) is 0 Å². The molecule has 6 heterocycles. The molecule has 4 aliphatic rings. The van der Waals surface area contributed by atoms with Gasteiger partial charge in [-0.2, -0.15) is 0 Å². The number of fused-ring (bicyclic) bond motifs is 10. The lowest BCUT2D eigenvalue weighted by Crippen LogP contribution is -2.47. The fourth-order valence-electron chi connectivity index (χ4n) is 7.67. The van der Waals surface area contributed by atoms with Gasteiger partial charge < -0.3 is 30.0 Å². The highest BCUT2D eigenvalue weighted by Gasteiger charge is 2.47. The molecule has 0 spiro atoms. The Morgan fingerprint density at radius 2 is 1.12 bits per heavy atom. The van der Waals surface area contributed by atoms with E-state index in [2.05, 4.69) is 22.1 Å². The first-order valence-corrected chi connectivity index (χ1v) is 13.7. The Morgan fingerprint density at radius 3 is 1.52 bits per heavy atom. The second-order valence-corrected chi connectivity index (χ2v) is 11.4. The van der Waals surface area contributed by atoms with Crippen molar-refractivity contribution in [2.24, 2.45) is 0 Å². The molecule has 2 fully saturated rings. The first kappa shape index (κ1) is 23.3. The number of rotatable bonds is 3. The molecular formula is C30H26N4O6. The van der Waals surface area contributed by atoms with E-state index in [1.165, 1.54) is 9.80 Å². The Bertz CT molecular complexity index is 1690. The number of hydrogen-bond donors (Lipinski definition) is 4. The number of carbonyl (C=O) groups excluding carboxylic acids is 2. The summed E-state index contributed by atoms with van der Waals surface area (Å²) in [6.45, 7) is 0. The van der Waals surface area contributed by atoms with Crippen molar-refractivity contribution in [2.45, 2.75) is 62.7 Å². The van der Waals surface area contributed by atoms with E-state index in [0.29, 0.717) is 25.7 Å². The van der Waals surface area contributed by atoms with Crippen molar-refractivity contribution in [3.8, 4) is 11.1 Å². The second-order valence-electron chi connectivity index (χ2n) is 11.4. The molecule has 202 valence electrons. The Kier molecular flexibility index (Phi) is 4.64. The van der Waals surface area contributed by atoms with Crippen molar-refractivity contribution in [3.63, 3.8) is 0 Å². The zero-order chi connectivity index (χ0) is 27.4. The van der Waals surface area contributed by atoms with Crippen LogP contribution in [0.5, 0.6) is 0 Å². The minimum atomic E-state index is -0.974. The Hall–Kier alpha value is -4.60. The van der Waals surface area contributed by atoms with Crippen LogP contribution >= 0.6 is 0 Å². The van der Waals surface area contributed by atoms with E-state index < -0.39 is 24.0 Å². The highest BCUT2D eigenvalue weighted by atomic mass is 16.4. The van der Waals surface area contributed by atoms with E-state index in [9.17, 15) is 29.4 Å². The molecule has 2 amide bonds. The number of aromatic nitrogens is 2. The molecule has 10 heteroatoms. The van der Waals surface area contributed by atoms with Gasteiger partial charge in [-0.25, -0.2) is 9.59 Å². The molecule has 0 aliphatic carbocycles. The van der Waals surface area contributed by atoms with Crippen LogP contribution in [0, 0.1) is 0 Å². The van der Waals surface area contributed by atoms with Gasteiger partial charge in [-0.15, -0.1) is 0 Å². The summed E-state index contributed by atoms with van der Waals surface area (Å²) < 4.78 is 0. The smallest absolute Gasteiger partial charge is 0.326 e. The Balaban J connectivity index is 1.19. The first-order chi connectivity index (χ1) is 19.3. The topological polar surface area (TPSA) is 147 Å². The summed E-state index contributed by atoms with van der Waals surface area (Å²) in [5.41, 5.74) is 7.60. The standard InChI is InChI=1S/C30H26N4O6/c35-25-7-5-21-27-17(11-23(29(37)38)33(21)25)15-3-1-13(9-19(15)31-27)14-2-4-16-18-12-24(30(39)40)34-22(6-8-26(34)36)28(18)32-20(16)10-14/h1-4,9-10,21-24,31-32H,5-8,11-12H2,(H,37,38)(H,39,40)/t21-,22-,23-,24+/m0/s1. The summed E-state index contributed by atoms with van der Waals surface area (Å²) in [5.74, 6) is -2.16. The van der Waals surface area contributed by atoms with E-state index in [1.807, 2.05) is 24.3 Å². The maximum atomic E-state index is 12.5. The van der Waals surface area contributed by atoms with E-state index in [-0.39, 0.29) is 36.7 Å². The molecule has 4 N–H and O–H groups in total. The summed E-state index contributed by atoms with van der Waals surface area (Å²) in [6.07, 6.45) is 2.49. The third kappa shape index (κ3) is 3.04. The number of hydrogen-bond acceptors (Lipinski definition) is 4. The van der Waals surface area contributed by atoms with Gasteiger partial charge in [-0.1, -0.05) is 24.3 Å². The van der Waals surface area contributed by atoms with Crippen molar-refractivity contribution in [3.05, 3.63) is 58.9 Å². The molecule has 4 aliphatic heterocycles. The highest BCUT2D eigenvalue weighted by molar-refractivity contribution is 5.96. The minimum Gasteiger partial charge on any atom is -0.480 e. The molecule has 40 heavy (non-hydrogen) atoms. The lowest BCUT2D eigenvalue weighted by atomic mass is 9.91. The molecule has 4 atom stereocenters. The van der Waals surface area contributed by atoms with Gasteiger partial charge in [0.1, 0.15) is 12.1 Å². The number of carbonyl (C=O) groups is 4. The van der Waals surface area contributed by atoms with Crippen molar-refractivity contribution in [1.82, 2.24) is 19.8 Å². The molecule has 2 saturated heterocycles. The third-order valence-electron chi connectivity index (χ3n) is 9.43. The van der Waals surface area contributed by atoms with E-state index in [1.54, 1.807) is 0 Å². The maximum absolute atomic E-state index is 12.5. The number of nitrogens with zero attached hydrogens (tertiary/aromatic N) is 2. The Labute approximate surface area is 227 Å². The number of H-pyrrole nitrogens is 2. The van der Waals surface area contributed by atoms with E-state index in [0.717, 1.165) is 55.4 Å². The summed E-state index contributed by atoms with van der Waals surface area (Å²) in [4.78, 5) is 59.1. The average molecular weight is 539 g/mol. The molecule has 4 aromatic rings. The summed E-state index contributed by atoms with van der Waals surface area (Å²) in [5, 5.41) is 21.6. The number of benzene rings is 2. The van der Waals surface area contributed by atoms with Crippen LogP contribution in [0.25, 0.3) is 32.9 Å². The van der Waals surface area contributed by atoms with Gasteiger partial charge in [-0.3, -0.25) is 9.59 Å². The van der Waals surface area contributed by atoms with Gasteiger partial charge in [-0.05, 0) is 47.2 Å². The van der Waals surface area contributed by atoms with Crippen LogP contribution in [0.1, 0.15) is 60.3 Å². The van der Waals surface area contributed by atoms with Gasteiger partial charge in [0.2, 0.25) is 11.8 Å². The van der Waals surface area contributed by atoms with Crippen LogP contribution in [0.2, 0.25) is 0 Å². The highest BCUT2D eigenvalue weighted by Crippen LogP contribution is 2.45. The fraction of sp³-hybridized carbons (Fsp3) is 0.333.